The molecular weight excluding hydrogens is 296 g/mol. The van der Waals surface area contributed by atoms with Crippen molar-refractivity contribution in [2.45, 2.75) is 26.8 Å². The van der Waals surface area contributed by atoms with Crippen LogP contribution in [0.25, 0.3) is 0 Å². The van der Waals surface area contributed by atoms with Gasteiger partial charge in [-0.25, -0.2) is 0 Å². The van der Waals surface area contributed by atoms with E-state index in [1.54, 1.807) is 12.1 Å². The second-order valence-corrected chi connectivity index (χ2v) is 5.49. The van der Waals surface area contributed by atoms with Crippen LogP contribution in [0, 0.1) is 5.92 Å². The number of carbonyl (C=O) groups excluding carboxylic acids is 1. The van der Waals surface area contributed by atoms with Gasteiger partial charge < -0.3 is 15.8 Å². The van der Waals surface area contributed by atoms with Crippen LogP contribution in [0.3, 0.4) is 0 Å². The lowest BCUT2D eigenvalue weighted by Gasteiger charge is -2.17. The molecule has 0 aliphatic heterocycles. The SMILES string of the molecule is CC(C)C(C)NC(=O)COc1ccc(Br)cc1N. The Kier molecular flexibility index (Phi) is 5.47. The summed E-state index contributed by atoms with van der Waals surface area (Å²) in [6, 6.07) is 5.42. The van der Waals surface area contributed by atoms with Gasteiger partial charge in [0.15, 0.2) is 6.61 Å². The van der Waals surface area contributed by atoms with Crippen molar-refractivity contribution in [3.8, 4) is 5.75 Å². The molecule has 0 heterocycles. The van der Waals surface area contributed by atoms with E-state index in [-0.39, 0.29) is 18.6 Å². The van der Waals surface area contributed by atoms with E-state index in [1.807, 2.05) is 13.0 Å². The summed E-state index contributed by atoms with van der Waals surface area (Å²) < 4.78 is 6.26. The fraction of sp³-hybridized carbons (Fsp3) is 0.462. The second kappa shape index (κ2) is 6.64. The average Bonchev–Trinajstić information content (AvgIpc) is 2.27. The van der Waals surface area contributed by atoms with Crippen LogP contribution in [-0.4, -0.2) is 18.6 Å². The van der Waals surface area contributed by atoms with Crippen molar-refractivity contribution >= 4 is 27.5 Å². The van der Waals surface area contributed by atoms with Gasteiger partial charge in [0.25, 0.3) is 5.91 Å². The van der Waals surface area contributed by atoms with Gasteiger partial charge in [-0.15, -0.1) is 0 Å². The first-order valence-corrected chi connectivity index (χ1v) is 6.66. The number of rotatable bonds is 5. The average molecular weight is 315 g/mol. The van der Waals surface area contributed by atoms with Crippen LogP contribution in [-0.2, 0) is 4.79 Å². The zero-order valence-corrected chi connectivity index (χ0v) is 12.5. The summed E-state index contributed by atoms with van der Waals surface area (Å²) in [4.78, 5) is 11.6. The summed E-state index contributed by atoms with van der Waals surface area (Å²) in [6.45, 7) is 6.05. The molecule has 1 rings (SSSR count). The fourth-order valence-corrected chi connectivity index (χ4v) is 1.64. The van der Waals surface area contributed by atoms with Crippen LogP contribution < -0.4 is 15.8 Å². The normalized spacial score (nSPS) is 12.3. The molecule has 1 unspecified atom stereocenters. The van der Waals surface area contributed by atoms with Crippen molar-refractivity contribution in [1.82, 2.24) is 5.32 Å². The fourth-order valence-electron chi connectivity index (χ4n) is 1.26. The van der Waals surface area contributed by atoms with Gasteiger partial charge in [-0.05, 0) is 31.0 Å². The number of nitrogens with two attached hydrogens (primary N) is 1. The van der Waals surface area contributed by atoms with Gasteiger partial charge in [0, 0.05) is 10.5 Å². The molecule has 0 aliphatic rings. The van der Waals surface area contributed by atoms with Gasteiger partial charge in [0.1, 0.15) is 5.75 Å². The molecule has 5 heteroatoms. The molecule has 4 nitrogen and oxygen atoms in total. The predicted molar refractivity (Wildman–Crippen MR) is 76.5 cm³/mol. The maximum atomic E-state index is 11.6. The van der Waals surface area contributed by atoms with Gasteiger partial charge in [0.05, 0.1) is 5.69 Å². The van der Waals surface area contributed by atoms with E-state index in [1.165, 1.54) is 0 Å². The Morgan fingerprint density at radius 2 is 2.11 bits per heavy atom. The van der Waals surface area contributed by atoms with Crippen molar-refractivity contribution < 1.29 is 9.53 Å². The molecule has 0 spiro atoms. The molecule has 0 saturated carbocycles. The molecule has 1 aromatic rings. The van der Waals surface area contributed by atoms with Crippen LogP contribution in [0.1, 0.15) is 20.8 Å². The van der Waals surface area contributed by atoms with Crippen molar-refractivity contribution in [1.29, 1.82) is 0 Å². The lowest BCUT2D eigenvalue weighted by Crippen LogP contribution is -2.39. The number of hydrogen-bond donors (Lipinski definition) is 2. The molecule has 18 heavy (non-hydrogen) atoms. The zero-order chi connectivity index (χ0) is 13.7. The van der Waals surface area contributed by atoms with Crippen molar-refractivity contribution in [2.24, 2.45) is 5.92 Å². The molecule has 0 aromatic heterocycles. The minimum absolute atomic E-state index is 0.0249. The molecule has 0 fully saturated rings. The quantitative estimate of drug-likeness (QED) is 0.821. The van der Waals surface area contributed by atoms with Crippen LogP contribution >= 0.6 is 15.9 Å². The van der Waals surface area contributed by atoms with Crippen LogP contribution in [0.15, 0.2) is 22.7 Å². The van der Waals surface area contributed by atoms with E-state index in [9.17, 15) is 4.79 Å². The van der Waals surface area contributed by atoms with E-state index in [0.717, 1.165) is 4.47 Å². The molecular formula is C13H19BrN2O2. The first-order chi connectivity index (χ1) is 8.40. The summed E-state index contributed by atoms with van der Waals surface area (Å²) in [5, 5.41) is 2.87. The molecule has 0 saturated heterocycles. The number of benzene rings is 1. The number of anilines is 1. The lowest BCUT2D eigenvalue weighted by molar-refractivity contribution is -0.123. The Morgan fingerprint density at radius 3 is 2.67 bits per heavy atom. The third-order valence-corrected chi connectivity index (χ3v) is 3.21. The number of amides is 1. The molecule has 0 radical (unpaired) electrons. The molecule has 0 bridgehead atoms. The number of carbonyl (C=O) groups is 1. The van der Waals surface area contributed by atoms with E-state index in [2.05, 4.69) is 35.1 Å². The molecule has 0 aliphatic carbocycles. The summed E-state index contributed by atoms with van der Waals surface area (Å²) in [5.74, 6) is 0.774. The van der Waals surface area contributed by atoms with E-state index < -0.39 is 0 Å². The molecule has 1 atom stereocenters. The Bertz CT molecular complexity index is 421. The van der Waals surface area contributed by atoms with E-state index in [0.29, 0.717) is 17.4 Å². The van der Waals surface area contributed by atoms with Gasteiger partial charge >= 0.3 is 0 Å². The number of nitrogens with one attached hydrogen (secondary N) is 1. The Morgan fingerprint density at radius 1 is 1.44 bits per heavy atom. The maximum Gasteiger partial charge on any atom is 0.258 e. The number of nitrogen functional groups attached to an aromatic ring is 1. The highest BCUT2D eigenvalue weighted by molar-refractivity contribution is 9.10. The Balaban J connectivity index is 2.47. The van der Waals surface area contributed by atoms with Gasteiger partial charge in [-0.1, -0.05) is 29.8 Å². The molecule has 3 N–H and O–H groups in total. The summed E-state index contributed by atoms with van der Waals surface area (Å²) >= 11 is 3.31. The van der Waals surface area contributed by atoms with Gasteiger partial charge in [-0.2, -0.15) is 0 Å². The summed E-state index contributed by atoms with van der Waals surface area (Å²) in [5.41, 5.74) is 6.28. The smallest absolute Gasteiger partial charge is 0.258 e. The highest BCUT2D eigenvalue weighted by Gasteiger charge is 2.11. The Labute approximate surface area is 116 Å². The molecule has 1 aromatic carbocycles. The number of ether oxygens (including phenoxy) is 1. The standard InChI is InChI=1S/C13H19BrN2O2/c1-8(2)9(3)16-13(17)7-18-12-5-4-10(14)6-11(12)15/h4-6,8-9H,7,15H2,1-3H3,(H,16,17). The second-order valence-electron chi connectivity index (χ2n) is 4.57. The zero-order valence-electron chi connectivity index (χ0n) is 10.9. The predicted octanol–water partition coefficient (Wildman–Crippen LogP) is 2.57. The van der Waals surface area contributed by atoms with Crippen LogP contribution in [0.5, 0.6) is 5.75 Å². The van der Waals surface area contributed by atoms with Crippen LogP contribution in [0.2, 0.25) is 0 Å². The highest BCUT2D eigenvalue weighted by Crippen LogP contribution is 2.24. The topological polar surface area (TPSA) is 64.3 Å². The van der Waals surface area contributed by atoms with Crippen molar-refractivity contribution in [3.05, 3.63) is 22.7 Å². The third kappa shape index (κ3) is 4.56. The van der Waals surface area contributed by atoms with Gasteiger partial charge in [-0.3, -0.25) is 4.79 Å². The summed E-state index contributed by atoms with van der Waals surface area (Å²) in [6.07, 6.45) is 0. The highest BCUT2D eigenvalue weighted by atomic mass is 79.9. The Hall–Kier alpha value is -1.23. The van der Waals surface area contributed by atoms with Gasteiger partial charge in [0.2, 0.25) is 0 Å². The van der Waals surface area contributed by atoms with E-state index >= 15 is 0 Å². The number of hydrogen-bond acceptors (Lipinski definition) is 3. The van der Waals surface area contributed by atoms with Crippen LogP contribution in [0.4, 0.5) is 5.69 Å². The first kappa shape index (κ1) is 14.8. The minimum atomic E-state index is -0.140. The number of halogens is 1. The lowest BCUT2D eigenvalue weighted by atomic mass is 10.1. The summed E-state index contributed by atoms with van der Waals surface area (Å²) in [7, 11) is 0. The molecule has 1 amide bonds. The van der Waals surface area contributed by atoms with Crippen molar-refractivity contribution in [3.63, 3.8) is 0 Å². The largest absolute Gasteiger partial charge is 0.482 e. The van der Waals surface area contributed by atoms with Crippen molar-refractivity contribution in [2.75, 3.05) is 12.3 Å². The third-order valence-electron chi connectivity index (χ3n) is 2.72. The monoisotopic (exact) mass is 314 g/mol. The van der Waals surface area contributed by atoms with E-state index in [4.69, 9.17) is 10.5 Å². The first-order valence-electron chi connectivity index (χ1n) is 5.87. The molecule has 100 valence electrons. The maximum absolute atomic E-state index is 11.6. The minimum Gasteiger partial charge on any atom is -0.482 e.